The number of imide groups is 1. The van der Waals surface area contributed by atoms with Crippen LogP contribution in [-0.2, 0) is 14.4 Å². The van der Waals surface area contributed by atoms with Gasteiger partial charge in [0.2, 0.25) is 11.8 Å². The van der Waals surface area contributed by atoms with Crippen molar-refractivity contribution in [1.82, 2.24) is 4.90 Å². The zero-order valence-corrected chi connectivity index (χ0v) is 19.0. The quantitative estimate of drug-likeness (QED) is 0.651. The van der Waals surface area contributed by atoms with Gasteiger partial charge in [-0.1, -0.05) is 12.8 Å². The number of nitriles is 1. The minimum absolute atomic E-state index is 0.0629. The molecule has 0 spiro atoms. The van der Waals surface area contributed by atoms with Crippen LogP contribution in [-0.4, -0.2) is 34.7 Å². The SMILES string of the molecule is N#Cc1ccc(N2C(=O)CC(N(C(=O)C34CC5CC(CC(C5)C3)C4)C3CCCC3)C2=O)cc1. The lowest BCUT2D eigenvalue weighted by molar-refractivity contribution is -0.164. The molecule has 5 aliphatic carbocycles. The van der Waals surface area contributed by atoms with E-state index in [0.717, 1.165) is 44.9 Å². The predicted octanol–water partition coefficient (Wildman–Crippen LogP) is 4.18. The summed E-state index contributed by atoms with van der Waals surface area (Å²) in [6.07, 6.45) is 10.8. The second-order valence-electron chi connectivity index (χ2n) is 11.3. The molecular weight excluding hydrogens is 414 g/mol. The van der Waals surface area contributed by atoms with Gasteiger partial charge >= 0.3 is 0 Å². The lowest BCUT2D eigenvalue weighted by Crippen LogP contribution is -2.59. The molecule has 1 unspecified atom stereocenters. The van der Waals surface area contributed by atoms with Crippen molar-refractivity contribution in [3.05, 3.63) is 29.8 Å². The summed E-state index contributed by atoms with van der Waals surface area (Å²) in [5.41, 5.74) is 0.654. The van der Waals surface area contributed by atoms with Crippen LogP contribution in [0, 0.1) is 34.5 Å². The molecule has 3 amide bonds. The minimum atomic E-state index is -0.697. The van der Waals surface area contributed by atoms with Gasteiger partial charge in [-0.05, 0) is 93.4 Å². The molecule has 4 bridgehead atoms. The number of nitrogens with zero attached hydrogens (tertiary/aromatic N) is 3. The topological polar surface area (TPSA) is 81.5 Å². The monoisotopic (exact) mass is 445 g/mol. The third-order valence-electron chi connectivity index (χ3n) is 9.16. The normalized spacial score (nSPS) is 35.3. The Morgan fingerprint density at radius 3 is 2.09 bits per heavy atom. The summed E-state index contributed by atoms with van der Waals surface area (Å²) >= 11 is 0. The van der Waals surface area contributed by atoms with Crippen LogP contribution in [0.1, 0.15) is 76.2 Å². The summed E-state index contributed by atoms with van der Waals surface area (Å²) in [5, 5.41) is 9.07. The molecule has 6 fully saturated rings. The summed E-state index contributed by atoms with van der Waals surface area (Å²) in [6, 6.07) is 7.98. The van der Waals surface area contributed by atoms with E-state index in [1.54, 1.807) is 24.3 Å². The number of carbonyl (C=O) groups excluding carboxylic acids is 3. The molecule has 1 atom stereocenters. The standard InChI is InChI=1S/C27H31N3O3/c28-16-17-5-7-22(8-6-17)30-24(31)12-23(25(30)32)29(21-3-1-2-4-21)26(33)27-13-18-9-19(14-27)11-20(10-18)15-27/h5-8,18-21,23H,1-4,9-15H2. The molecule has 6 aliphatic rings. The van der Waals surface area contributed by atoms with Gasteiger partial charge in [-0.25, -0.2) is 4.90 Å². The third-order valence-corrected chi connectivity index (χ3v) is 9.16. The average molecular weight is 446 g/mol. The first kappa shape index (κ1) is 20.9. The van der Waals surface area contributed by atoms with Crippen molar-refractivity contribution in [1.29, 1.82) is 5.26 Å². The van der Waals surface area contributed by atoms with Gasteiger partial charge in [-0.2, -0.15) is 5.26 Å². The van der Waals surface area contributed by atoms with E-state index in [9.17, 15) is 14.4 Å². The van der Waals surface area contributed by atoms with E-state index in [1.165, 1.54) is 24.2 Å². The highest BCUT2D eigenvalue weighted by molar-refractivity contribution is 6.23. The van der Waals surface area contributed by atoms with E-state index >= 15 is 0 Å². The average Bonchev–Trinajstić information content (AvgIpc) is 3.42. The van der Waals surface area contributed by atoms with E-state index in [4.69, 9.17) is 5.26 Å². The van der Waals surface area contributed by atoms with Crippen LogP contribution in [0.25, 0.3) is 0 Å². The smallest absolute Gasteiger partial charge is 0.257 e. The van der Waals surface area contributed by atoms with Crippen molar-refractivity contribution in [2.75, 3.05) is 4.90 Å². The Hall–Kier alpha value is -2.68. The van der Waals surface area contributed by atoms with E-state index in [2.05, 4.69) is 6.07 Å². The second-order valence-corrected chi connectivity index (χ2v) is 11.3. The van der Waals surface area contributed by atoms with Crippen LogP contribution >= 0.6 is 0 Å². The molecule has 1 aromatic rings. The number of amides is 3. The van der Waals surface area contributed by atoms with Gasteiger partial charge in [0.05, 0.1) is 29.2 Å². The van der Waals surface area contributed by atoms with Crippen molar-refractivity contribution < 1.29 is 14.4 Å². The van der Waals surface area contributed by atoms with Gasteiger partial charge in [0.25, 0.3) is 5.91 Å². The molecule has 1 saturated heterocycles. The van der Waals surface area contributed by atoms with Gasteiger partial charge in [0.15, 0.2) is 0 Å². The number of rotatable bonds is 4. The Kier molecular flexibility index (Phi) is 4.87. The predicted molar refractivity (Wildman–Crippen MR) is 122 cm³/mol. The highest BCUT2D eigenvalue weighted by atomic mass is 16.2. The molecule has 1 heterocycles. The largest absolute Gasteiger partial charge is 0.327 e. The van der Waals surface area contributed by atoms with Crippen molar-refractivity contribution in [3.8, 4) is 6.07 Å². The third kappa shape index (κ3) is 3.31. The highest BCUT2D eigenvalue weighted by Gasteiger charge is 2.58. The van der Waals surface area contributed by atoms with Crippen LogP contribution in [0.5, 0.6) is 0 Å². The fourth-order valence-corrected chi connectivity index (χ4v) is 8.18. The Morgan fingerprint density at radius 1 is 0.970 bits per heavy atom. The summed E-state index contributed by atoms with van der Waals surface area (Å²) in [4.78, 5) is 44.2. The molecule has 0 radical (unpaired) electrons. The second kappa shape index (κ2) is 7.68. The van der Waals surface area contributed by atoms with Gasteiger partial charge in [0, 0.05) is 6.04 Å². The maximum absolute atomic E-state index is 14.4. The molecule has 0 aromatic heterocycles. The van der Waals surface area contributed by atoms with Gasteiger partial charge < -0.3 is 4.90 Å². The van der Waals surface area contributed by atoms with Gasteiger partial charge in [-0.3, -0.25) is 14.4 Å². The number of carbonyl (C=O) groups is 3. The van der Waals surface area contributed by atoms with Crippen LogP contribution in [0.4, 0.5) is 5.69 Å². The van der Waals surface area contributed by atoms with Gasteiger partial charge in [0.1, 0.15) is 6.04 Å². The van der Waals surface area contributed by atoms with Crippen LogP contribution in [0.3, 0.4) is 0 Å². The Labute approximate surface area is 194 Å². The first-order valence-electron chi connectivity index (χ1n) is 12.7. The first-order chi connectivity index (χ1) is 16.0. The van der Waals surface area contributed by atoms with Crippen LogP contribution in [0.2, 0.25) is 0 Å². The lowest BCUT2D eigenvalue weighted by Gasteiger charge is -2.57. The molecule has 6 heteroatoms. The Morgan fingerprint density at radius 2 is 1.55 bits per heavy atom. The molecule has 1 aromatic carbocycles. The van der Waals surface area contributed by atoms with E-state index in [-0.39, 0.29) is 35.6 Å². The van der Waals surface area contributed by atoms with E-state index < -0.39 is 6.04 Å². The van der Waals surface area contributed by atoms with Crippen LogP contribution < -0.4 is 4.90 Å². The number of anilines is 1. The Balaban J connectivity index is 1.32. The lowest BCUT2D eigenvalue weighted by atomic mass is 9.49. The van der Waals surface area contributed by atoms with E-state index in [0.29, 0.717) is 29.0 Å². The van der Waals surface area contributed by atoms with Crippen LogP contribution in [0.15, 0.2) is 24.3 Å². The number of hydrogen-bond acceptors (Lipinski definition) is 4. The molecular formula is C27H31N3O3. The van der Waals surface area contributed by atoms with Gasteiger partial charge in [-0.15, -0.1) is 0 Å². The molecule has 5 saturated carbocycles. The van der Waals surface area contributed by atoms with E-state index in [1.807, 2.05) is 4.90 Å². The molecule has 1 aliphatic heterocycles. The summed E-state index contributed by atoms with van der Waals surface area (Å²) in [5.74, 6) is 1.59. The van der Waals surface area contributed by atoms with Crippen molar-refractivity contribution in [3.63, 3.8) is 0 Å². The maximum Gasteiger partial charge on any atom is 0.257 e. The molecule has 0 N–H and O–H groups in total. The summed E-state index contributed by atoms with van der Waals surface area (Å²) < 4.78 is 0. The fraction of sp³-hybridized carbons (Fsp3) is 0.630. The molecule has 7 rings (SSSR count). The maximum atomic E-state index is 14.4. The van der Waals surface area contributed by atoms with Crippen molar-refractivity contribution >= 4 is 23.4 Å². The molecule has 33 heavy (non-hydrogen) atoms. The molecule has 6 nitrogen and oxygen atoms in total. The fourth-order valence-electron chi connectivity index (χ4n) is 8.18. The Bertz CT molecular complexity index is 998. The first-order valence-corrected chi connectivity index (χ1v) is 12.7. The zero-order chi connectivity index (χ0) is 22.7. The number of benzene rings is 1. The minimum Gasteiger partial charge on any atom is -0.327 e. The molecule has 172 valence electrons. The van der Waals surface area contributed by atoms with Crippen molar-refractivity contribution in [2.24, 2.45) is 23.2 Å². The highest BCUT2D eigenvalue weighted by Crippen LogP contribution is 2.61. The van der Waals surface area contributed by atoms with Crippen molar-refractivity contribution in [2.45, 2.75) is 82.7 Å². The summed E-state index contributed by atoms with van der Waals surface area (Å²) in [6.45, 7) is 0. The number of hydrogen-bond donors (Lipinski definition) is 0. The summed E-state index contributed by atoms with van der Waals surface area (Å²) in [7, 11) is 0. The zero-order valence-electron chi connectivity index (χ0n) is 19.0.